The first-order valence-electron chi connectivity index (χ1n) is 5.30. The maximum absolute atomic E-state index is 13.4. The standard InChI is InChI=1S/C12H16FNO3/c1-8-6-11(9(13)7-10(8)14)17-5-3-4-12(15)16-2/h6-7H,3-5,14H2,1-2H3. The van der Waals surface area contributed by atoms with Crippen molar-refractivity contribution >= 4 is 11.7 Å². The average Bonchev–Trinajstić information content (AvgIpc) is 2.30. The van der Waals surface area contributed by atoms with Crippen molar-refractivity contribution in [3.63, 3.8) is 0 Å². The molecule has 0 fully saturated rings. The number of benzene rings is 1. The Hall–Kier alpha value is -1.78. The van der Waals surface area contributed by atoms with Gasteiger partial charge in [0.2, 0.25) is 0 Å². The Bertz CT molecular complexity index is 407. The number of halogens is 1. The van der Waals surface area contributed by atoms with E-state index >= 15 is 0 Å². The monoisotopic (exact) mass is 241 g/mol. The van der Waals surface area contributed by atoms with Gasteiger partial charge in [0.1, 0.15) is 0 Å². The van der Waals surface area contributed by atoms with Crippen molar-refractivity contribution in [3.8, 4) is 5.75 Å². The van der Waals surface area contributed by atoms with Crippen LogP contribution in [0.2, 0.25) is 0 Å². The SMILES string of the molecule is COC(=O)CCCOc1cc(C)c(N)cc1F. The molecule has 0 aromatic heterocycles. The smallest absolute Gasteiger partial charge is 0.305 e. The lowest BCUT2D eigenvalue weighted by atomic mass is 10.2. The lowest BCUT2D eigenvalue weighted by Gasteiger charge is -2.09. The van der Waals surface area contributed by atoms with Crippen LogP contribution in [-0.4, -0.2) is 19.7 Å². The van der Waals surface area contributed by atoms with Crippen molar-refractivity contribution in [2.45, 2.75) is 19.8 Å². The Labute approximate surface area is 99.5 Å². The molecule has 0 saturated carbocycles. The lowest BCUT2D eigenvalue weighted by molar-refractivity contribution is -0.140. The third-order valence-electron chi connectivity index (χ3n) is 2.33. The summed E-state index contributed by atoms with van der Waals surface area (Å²) in [5, 5.41) is 0. The third kappa shape index (κ3) is 3.94. The number of methoxy groups -OCH3 is 1. The second-order valence-electron chi connectivity index (χ2n) is 3.67. The molecule has 1 aromatic rings. The highest BCUT2D eigenvalue weighted by molar-refractivity contribution is 5.69. The molecule has 0 heterocycles. The maximum Gasteiger partial charge on any atom is 0.305 e. The zero-order chi connectivity index (χ0) is 12.8. The fourth-order valence-electron chi connectivity index (χ4n) is 1.28. The minimum Gasteiger partial charge on any atom is -0.490 e. The van der Waals surface area contributed by atoms with Gasteiger partial charge in [-0.1, -0.05) is 0 Å². The molecule has 4 nitrogen and oxygen atoms in total. The fourth-order valence-corrected chi connectivity index (χ4v) is 1.28. The summed E-state index contributed by atoms with van der Waals surface area (Å²) in [6.45, 7) is 2.03. The topological polar surface area (TPSA) is 61.5 Å². The number of nitrogen functional groups attached to an aromatic ring is 1. The first kappa shape index (κ1) is 13.3. The van der Waals surface area contributed by atoms with Crippen LogP contribution in [0.15, 0.2) is 12.1 Å². The Kier molecular flexibility index (Phi) is 4.75. The molecule has 94 valence electrons. The van der Waals surface area contributed by atoms with E-state index in [4.69, 9.17) is 10.5 Å². The molecule has 0 aliphatic carbocycles. The molecular formula is C12H16FNO3. The molecule has 1 aromatic carbocycles. The molecule has 0 saturated heterocycles. The van der Waals surface area contributed by atoms with Crippen LogP contribution in [0.4, 0.5) is 10.1 Å². The van der Waals surface area contributed by atoms with Crippen LogP contribution in [0.3, 0.4) is 0 Å². The summed E-state index contributed by atoms with van der Waals surface area (Å²) in [4.78, 5) is 10.8. The van der Waals surface area contributed by atoms with E-state index in [0.29, 0.717) is 12.1 Å². The molecule has 0 bridgehead atoms. The van der Waals surface area contributed by atoms with Crippen LogP contribution in [0.5, 0.6) is 5.75 Å². The molecular weight excluding hydrogens is 225 g/mol. The van der Waals surface area contributed by atoms with Crippen molar-refractivity contribution in [2.24, 2.45) is 0 Å². The maximum atomic E-state index is 13.4. The number of anilines is 1. The molecule has 2 N–H and O–H groups in total. The van der Waals surface area contributed by atoms with Crippen LogP contribution in [0.25, 0.3) is 0 Å². The van der Waals surface area contributed by atoms with E-state index in [1.165, 1.54) is 13.2 Å². The van der Waals surface area contributed by atoms with Gasteiger partial charge in [0.25, 0.3) is 0 Å². The van der Waals surface area contributed by atoms with Crippen molar-refractivity contribution in [1.82, 2.24) is 0 Å². The summed E-state index contributed by atoms with van der Waals surface area (Å²) in [6, 6.07) is 2.77. The number of hydrogen-bond donors (Lipinski definition) is 1. The summed E-state index contributed by atoms with van der Waals surface area (Å²) in [5.41, 5.74) is 6.70. The fraction of sp³-hybridized carbons (Fsp3) is 0.417. The number of rotatable bonds is 5. The Morgan fingerprint density at radius 2 is 2.18 bits per heavy atom. The molecule has 5 heteroatoms. The van der Waals surface area contributed by atoms with Gasteiger partial charge in [0.05, 0.1) is 13.7 Å². The van der Waals surface area contributed by atoms with Crippen LogP contribution in [-0.2, 0) is 9.53 Å². The van der Waals surface area contributed by atoms with Gasteiger partial charge in [-0.15, -0.1) is 0 Å². The Balaban J connectivity index is 2.47. The van der Waals surface area contributed by atoms with Crippen molar-refractivity contribution in [3.05, 3.63) is 23.5 Å². The lowest BCUT2D eigenvalue weighted by Crippen LogP contribution is -2.05. The number of carbonyl (C=O) groups is 1. The first-order valence-corrected chi connectivity index (χ1v) is 5.30. The number of hydrogen-bond acceptors (Lipinski definition) is 4. The minimum absolute atomic E-state index is 0.154. The second-order valence-corrected chi connectivity index (χ2v) is 3.67. The van der Waals surface area contributed by atoms with Gasteiger partial charge in [-0.05, 0) is 25.0 Å². The zero-order valence-electron chi connectivity index (χ0n) is 9.96. The van der Waals surface area contributed by atoms with Crippen LogP contribution in [0, 0.1) is 12.7 Å². The normalized spacial score (nSPS) is 10.1. The number of nitrogens with two attached hydrogens (primary N) is 1. The summed E-state index contributed by atoms with van der Waals surface area (Å²) in [7, 11) is 1.33. The van der Waals surface area contributed by atoms with Gasteiger partial charge < -0.3 is 15.2 Å². The van der Waals surface area contributed by atoms with Crippen LogP contribution in [0.1, 0.15) is 18.4 Å². The van der Waals surface area contributed by atoms with Crippen molar-refractivity contribution < 1.29 is 18.7 Å². The van der Waals surface area contributed by atoms with Gasteiger partial charge in [-0.25, -0.2) is 4.39 Å². The zero-order valence-corrected chi connectivity index (χ0v) is 9.96. The average molecular weight is 241 g/mol. The van der Waals surface area contributed by atoms with E-state index in [0.717, 1.165) is 5.56 Å². The Morgan fingerprint density at radius 1 is 1.47 bits per heavy atom. The largest absolute Gasteiger partial charge is 0.490 e. The second kappa shape index (κ2) is 6.08. The van der Waals surface area contributed by atoms with Crippen molar-refractivity contribution in [1.29, 1.82) is 0 Å². The van der Waals surface area contributed by atoms with Crippen LogP contribution < -0.4 is 10.5 Å². The highest BCUT2D eigenvalue weighted by Crippen LogP contribution is 2.23. The summed E-state index contributed by atoms with van der Waals surface area (Å²) >= 11 is 0. The number of carbonyl (C=O) groups excluding carboxylic acids is 1. The molecule has 0 amide bonds. The molecule has 0 aliphatic rings. The van der Waals surface area contributed by atoms with E-state index < -0.39 is 5.82 Å². The van der Waals surface area contributed by atoms with Gasteiger partial charge in [0, 0.05) is 18.2 Å². The molecule has 0 atom stereocenters. The van der Waals surface area contributed by atoms with Gasteiger partial charge in [-0.2, -0.15) is 0 Å². The predicted molar refractivity (Wildman–Crippen MR) is 62.3 cm³/mol. The van der Waals surface area contributed by atoms with E-state index in [1.54, 1.807) is 13.0 Å². The molecule has 0 aliphatic heterocycles. The molecule has 0 unspecified atom stereocenters. The quantitative estimate of drug-likeness (QED) is 0.487. The van der Waals surface area contributed by atoms with Gasteiger partial charge >= 0.3 is 5.97 Å². The predicted octanol–water partition coefficient (Wildman–Crippen LogP) is 2.05. The molecule has 17 heavy (non-hydrogen) atoms. The number of esters is 1. The van der Waals surface area contributed by atoms with E-state index in [-0.39, 0.29) is 24.7 Å². The summed E-state index contributed by atoms with van der Waals surface area (Å²) < 4.78 is 23.1. The van der Waals surface area contributed by atoms with E-state index in [1.807, 2.05) is 0 Å². The van der Waals surface area contributed by atoms with Gasteiger partial charge in [0.15, 0.2) is 11.6 Å². The van der Waals surface area contributed by atoms with Crippen LogP contribution >= 0.6 is 0 Å². The Morgan fingerprint density at radius 3 is 2.82 bits per heavy atom. The molecule has 0 radical (unpaired) electrons. The van der Waals surface area contributed by atoms with Gasteiger partial charge in [-0.3, -0.25) is 4.79 Å². The molecule has 0 spiro atoms. The highest BCUT2D eigenvalue weighted by Gasteiger charge is 2.07. The summed E-state index contributed by atoms with van der Waals surface area (Å²) in [6.07, 6.45) is 0.738. The van der Waals surface area contributed by atoms with E-state index in [9.17, 15) is 9.18 Å². The number of ether oxygens (including phenoxy) is 2. The highest BCUT2D eigenvalue weighted by atomic mass is 19.1. The van der Waals surface area contributed by atoms with E-state index in [2.05, 4.69) is 4.74 Å². The molecule has 1 rings (SSSR count). The summed E-state index contributed by atoms with van der Waals surface area (Å²) in [5.74, 6) is -0.643. The minimum atomic E-state index is -0.494. The number of aryl methyl sites for hydroxylation is 1. The van der Waals surface area contributed by atoms with Crippen molar-refractivity contribution in [2.75, 3.05) is 19.5 Å². The third-order valence-corrected chi connectivity index (χ3v) is 2.33. The first-order chi connectivity index (χ1) is 8.04.